The van der Waals surface area contributed by atoms with Crippen molar-refractivity contribution in [3.8, 4) is 6.07 Å². The Hall–Kier alpha value is -2.94. The van der Waals surface area contributed by atoms with Gasteiger partial charge in [-0.15, -0.1) is 0 Å². The van der Waals surface area contributed by atoms with Crippen molar-refractivity contribution in [2.45, 2.75) is 51.5 Å². The predicted octanol–water partition coefficient (Wildman–Crippen LogP) is 4.18. The van der Waals surface area contributed by atoms with Gasteiger partial charge in [0.2, 0.25) is 0 Å². The van der Waals surface area contributed by atoms with Crippen LogP contribution >= 0.6 is 0 Å². The molecule has 6 heteroatoms. The average Bonchev–Trinajstić information content (AvgIpc) is 2.81. The van der Waals surface area contributed by atoms with Crippen LogP contribution in [-0.4, -0.2) is 33.9 Å². The summed E-state index contributed by atoms with van der Waals surface area (Å²) >= 11 is 0. The highest BCUT2D eigenvalue weighted by molar-refractivity contribution is 5.94. The molecule has 1 aliphatic heterocycles. The number of nitrogens with zero attached hydrogens (tertiary/aromatic N) is 4. The maximum absolute atomic E-state index is 13.0. The predicted molar refractivity (Wildman–Crippen MR) is 121 cm³/mol. The van der Waals surface area contributed by atoms with Crippen molar-refractivity contribution in [1.29, 1.82) is 5.26 Å². The Morgan fingerprint density at radius 3 is 2.62 bits per heavy atom. The summed E-state index contributed by atoms with van der Waals surface area (Å²) in [7, 11) is 0. The molecule has 2 aromatic rings. The standard InChI is InChI=1S/C26H29N5O/c27-13-17-2-1-3-21(9-17)25(32)31-5-4-22-23(14-31)29-16-30-24(22)28-15-26-10-18-6-19(11-26)8-20(7-18)12-26/h1-3,9,16,18-20H,4-8,10-12,14-15H2,(H,28,29,30). The highest BCUT2D eigenvalue weighted by atomic mass is 16.2. The number of carbonyl (C=O) groups is 1. The van der Waals surface area contributed by atoms with Crippen molar-refractivity contribution >= 4 is 11.7 Å². The molecule has 0 spiro atoms. The number of rotatable bonds is 4. The quantitative estimate of drug-likeness (QED) is 0.792. The number of amides is 1. The number of benzene rings is 1. The van der Waals surface area contributed by atoms with Crippen LogP contribution in [0.2, 0.25) is 0 Å². The van der Waals surface area contributed by atoms with Gasteiger partial charge < -0.3 is 10.2 Å². The van der Waals surface area contributed by atoms with Crippen LogP contribution in [0.1, 0.15) is 65.7 Å². The molecule has 4 aliphatic carbocycles. The monoisotopic (exact) mass is 427 g/mol. The third-order valence-electron chi connectivity index (χ3n) is 8.33. The minimum Gasteiger partial charge on any atom is -0.369 e. The van der Waals surface area contributed by atoms with Crippen LogP contribution in [0, 0.1) is 34.5 Å². The normalized spacial score (nSPS) is 30.0. The Labute approximate surface area is 189 Å². The number of anilines is 1. The molecular formula is C26H29N5O. The van der Waals surface area contributed by atoms with Crippen LogP contribution in [-0.2, 0) is 13.0 Å². The third-order valence-corrected chi connectivity index (χ3v) is 8.33. The van der Waals surface area contributed by atoms with Gasteiger partial charge in [0.25, 0.3) is 5.91 Å². The summed E-state index contributed by atoms with van der Waals surface area (Å²) in [6.45, 7) is 2.14. The van der Waals surface area contributed by atoms with Gasteiger partial charge in [0.15, 0.2) is 0 Å². The zero-order valence-corrected chi connectivity index (χ0v) is 18.4. The van der Waals surface area contributed by atoms with Gasteiger partial charge >= 0.3 is 0 Å². The number of hydrogen-bond acceptors (Lipinski definition) is 5. The van der Waals surface area contributed by atoms with Crippen LogP contribution in [0.4, 0.5) is 5.82 Å². The van der Waals surface area contributed by atoms with Crippen LogP contribution in [0.5, 0.6) is 0 Å². The van der Waals surface area contributed by atoms with E-state index in [4.69, 9.17) is 5.26 Å². The third kappa shape index (κ3) is 3.44. The van der Waals surface area contributed by atoms with E-state index in [-0.39, 0.29) is 5.91 Å². The summed E-state index contributed by atoms with van der Waals surface area (Å²) in [4.78, 5) is 23.9. The van der Waals surface area contributed by atoms with Gasteiger partial charge in [0.1, 0.15) is 12.1 Å². The molecule has 1 N–H and O–H groups in total. The van der Waals surface area contributed by atoms with Gasteiger partial charge in [-0.2, -0.15) is 5.26 Å². The Morgan fingerprint density at radius 2 is 1.91 bits per heavy atom. The van der Waals surface area contributed by atoms with E-state index in [1.807, 2.05) is 4.90 Å². The Kier molecular flexibility index (Phi) is 4.67. The molecule has 6 nitrogen and oxygen atoms in total. The molecule has 164 valence electrons. The molecule has 4 saturated carbocycles. The number of hydrogen-bond donors (Lipinski definition) is 1. The number of nitriles is 1. The summed E-state index contributed by atoms with van der Waals surface area (Å²) in [5, 5.41) is 12.9. The fourth-order valence-electron chi connectivity index (χ4n) is 7.36. The first-order valence-corrected chi connectivity index (χ1v) is 12.0. The maximum Gasteiger partial charge on any atom is 0.254 e. The summed E-state index contributed by atoms with van der Waals surface area (Å²) in [5.74, 6) is 3.75. The molecule has 7 rings (SSSR count). The first kappa shape index (κ1) is 19.7. The lowest BCUT2D eigenvalue weighted by Gasteiger charge is -2.57. The van der Waals surface area contributed by atoms with Crippen molar-refractivity contribution in [2.75, 3.05) is 18.4 Å². The van der Waals surface area contributed by atoms with E-state index in [2.05, 4.69) is 21.4 Å². The van der Waals surface area contributed by atoms with Gasteiger partial charge in [0, 0.05) is 24.2 Å². The average molecular weight is 428 g/mol. The van der Waals surface area contributed by atoms with Gasteiger partial charge in [-0.05, 0) is 86.3 Å². The summed E-state index contributed by atoms with van der Waals surface area (Å²) in [5.41, 5.74) is 3.61. The van der Waals surface area contributed by atoms with Crippen LogP contribution < -0.4 is 5.32 Å². The molecule has 5 aliphatic rings. The van der Waals surface area contributed by atoms with Gasteiger partial charge in [-0.25, -0.2) is 9.97 Å². The second-order valence-electron chi connectivity index (χ2n) is 10.6. The fraction of sp³-hybridized carbons (Fsp3) is 0.538. The van der Waals surface area contributed by atoms with E-state index >= 15 is 0 Å². The van der Waals surface area contributed by atoms with E-state index in [1.165, 1.54) is 38.5 Å². The largest absolute Gasteiger partial charge is 0.369 e. The second-order valence-corrected chi connectivity index (χ2v) is 10.6. The minimum atomic E-state index is -0.0468. The number of nitrogens with one attached hydrogen (secondary N) is 1. The Morgan fingerprint density at radius 1 is 1.16 bits per heavy atom. The van der Waals surface area contributed by atoms with Crippen molar-refractivity contribution in [3.05, 3.63) is 53.0 Å². The summed E-state index contributed by atoms with van der Waals surface area (Å²) in [6.07, 6.45) is 10.9. The van der Waals surface area contributed by atoms with Crippen molar-refractivity contribution in [1.82, 2.24) is 14.9 Å². The zero-order valence-electron chi connectivity index (χ0n) is 18.4. The maximum atomic E-state index is 13.0. The van der Waals surface area contributed by atoms with Gasteiger partial charge in [0.05, 0.1) is 23.9 Å². The van der Waals surface area contributed by atoms with E-state index in [9.17, 15) is 4.79 Å². The smallest absolute Gasteiger partial charge is 0.254 e. The molecule has 1 aromatic carbocycles. The van der Waals surface area contributed by atoms with E-state index < -0.39 is 0 Å². The van der Waals surface area contributed by atoms with E-state index in [0.29, 0.717) is 29.6 Å². The summed E-state index contributed by atoms with van der Waals surface area (Å²) < 4.78 is 0. The fourth-order valence-corrected chi connectivity index (χ4v) is 7.36. The lowest BCUT2D eigenvalue weighted by Crippen LogP contribution is -2.49. The Bertz CT molecular complexity index is 1070. The molecule has 4 fully saturated rings. The molecule has 2 heterocycles. The molecule has 1 amide bonds. The van der Waals surface area contributed by atoms with Crippen molar-refractivity contribution in [2.24, 2.45) is 23.2 Å². The molecule has 0 atom stereocenters. The van der Waals surface area contributed by atoms with Gasteiger partial charge in [-0.1, -0.05) is 6.07 Å². The van der Waals surface area contributed by atoms with Crippen molar-refractivity contribution < 1.29 is 4.79 Å². The molecular weight excluding hydrogens is 398 g/mol. The number of fused-ring (bicyclic) bond motifs is 1. The number of aromatic nitrogens is 2. The lowest BCUT2D eigenvalue weighted by molar-refractivity contribution is -0.0444. The topological polar surface area (TPSA) is 81.9 Å². The molecule has 0 saturated heterocycles. The SMILES string of the molecule is N#Cc1cccc(C(=O)N2CCc3c(ncnc3NCC34CC5CC(CC(C5)C3)C4)C2)c1. The highest BCUT2D eigenvalue weighted by Gasteiger charge is 2.50. The lowest BCUT2D eigenvalue weighted by atomic mass is 9.49. The van der Waals surface area contributed by atoms with Crippen LogP contribution in [0.15, 0.2) is 30.6 Å². The second kappa shape index (κ2) is 7.58. The molecule has 0 unspecified atom stereocenters. The zero-order chi connectivity index (χ0) is 21.7. The first-order chi connectivity index (χ1) is 15.6. The molecule has 0 radical (unpaired) electrons. The molecule has 32 heavy (non-hydrogen) atoms. The summed E-state index contributed by atoms with van der Waals surface area (Å²) in [6, 6.07) is 9.03. The molecule has 4 bridgehead atoms. The first-order valence-electron chi connectivity index (χ1n) is 12.0. The van der Waals surface area contributed by atoms with Crippen LogP contribution in [0.25, 0.3) is 0 Å². The number of carbonyl (C=O) groups excluding carboxylic acids is 1. The van der Waals surface area contributed by atoms with E-state index in [1.54, 1.807) is 30.6 Å². The van der Waals surface area contributed by atoms with Crippen LogP contribution in [0.3, 0.4) is 0 Å². The van der Waals surface area contributed by atoms with E-state index in [0.717, 1.165) is 47.8 Å². The minimum absolute atomic E-state index is 0.0468. The molecule has 1 aromatic heterocycles. The van der Waals surface area contributed by atoms with Gasteiger partial charge in [-0.3, -0.25) is 4.79 Å². The van der Waals surface area contributed by atoms with Crippen molar-refractivity contribution in [3.63, 3.8) is 0 Å². The Balaban J connectivity index is 1.17. The highest BCUT2D eigenvalue weighted by Crippen LogP contribution is 2.59.